The molecule has 15 heavy (non-hydrogen) atoms. The molecule has 0 bridgehead atoms. The van der Waals surface area contributed by atoms with Crippen molar-refractivity contribution >= 4 is 21.4 Å². The van der Waals surface area contributed by atoms with Crippen molar-refractivity contribution in [2.75, 3.05) is 5.75 Å². The van der Waals surface area contributed by atoms with Crippen LogP contribution in [0.2, 0.25) is 5.02 Å². The number of unbranched alkanes of at least 4 members (excludes halogenated alkanes) is 1. The zero-order valence-electron chi connectivity index (χ0n) is 8.96. The molecule has 0 aliphatic rings. The molecule has 4 heteroatoms. The third-order valence-electron chi connectivity index (χ3n) is 2.19. The van der Waals surface area contributed by atoms with Crippen LogP contribution in [0.3, 0.4) is 0 Å². The van der Waals surface area contributed by atoms with Gasteiger partial charge in [-0.2, -0.15) is 0 Å². The summed E-state index contributed by atoms with van der Waals surface area (Å²) in [6.45, 7) is 3.82. The molecule has 0 radical (unpaired) electrons. The number of hydrogen-bond acceptors (Lipinski definition) is 2. The van der Waals surface area contributed by atoms with E-state index in [2.05, 4.69) is 0 Å². The molecule has 1 rings (SSSR count). The van der Waals surface area contributed by atoms with E-state index in [0.29, 0.717) is 11.4 Å². The Balaban J connectivity index is 3.09. The third kappa shape index (κ3) is 3.21. The fourth-order valence-corrected chi connectivity index (χ4v) is 3.38. The Hall–Kier alpha value is -0.540. The van der Waals surface area contributed by atoms with E-state index < -0.39 is 9.84 Å². The molecule has 1 aromatic rings. The minimum atomic E-state index is -3.21. The van der Waals surface area contributed by atoms with Crippen molar-refractivity contribution in [1.82, 2.24) is 0 Å². The highest BCUT2D eigenvalue weighted by molar-refractivity contribution is 7.91. The lowest BCUT2D eigenvalue weighted by atomic mass is 10.2. The van der Waals surface area contributed by atoms with Crippen molar-refractivity contribution in [3.05, 3.63) is 28.8 Å². The van der Waals surface area contributed by atoms with E-state index in [-0.39, 0.29) is 10.6 Å². The van der Waals surface area contributed by atoms with Gasteiger partial charge in [-0.15, -0.1) is 0 Å². The molecule has 0 aliphatic carbocycles. The molecule has 0 aliphatic heterocycles. The molecule has 0 heterocycles. The Morgan fingerprint density at radius 1 is 1.33 bits per heavy atom. The maximum atomic E-state index is 11.9. The van der Waals surface area contributed by atoms with Crippen LogP contribution in [0.4, 0.5) is 0 Å². The van der Waals surface area contributed by atoms with Crippen LogP contribution in [0.25, 0.3) is 0 Å². The van der Waals surface area contributed by atoms with E-state index >= 15 is 0 Å². The second kappa shape index (κ2) is 4.99. The van der Waals surface area contributed by atoms with Gasteiger partial charge >= 0.3 is 0 Å². The van der Waals surface area contributed by atoms with Gasteiger partial charge in [-0.05, 0) is 31.0 Å². The molecule has 0 saturated carbocycles. The van der Waals surface area contributed by atoms with E-state index in [1.165, 1.54) is 0 Å². The number of benzene rings is 1. The zero-order chi connectivity index (χ0) is 11.5. The second-order valence-corrected chi connectivity index (χ2v) is 6.09. The van der Waals surface area contributed by atoms with Gasteiger partial charge in [0.05, 0.1) is 15.7 Å². The summed E-state index contributed by atoms with van der Waals surface area (Å²) in [5, 5.41) is 0.316. The first-order valence-corrected chi connectivity index (χ1v) is 6.99. The molecule has 0 atom stereocenters. The molecule has 0 aromatic heterocycles. The molecule has 0 amide bonds. The van der Waals surface area contributed by atoms with Gasteiger partial charge in [0.25, 0.3) is 0 Å². The predicted molar refractivity (Wildman–Crippen MR) is 63.1 cm³/mol. The Bertz CT molecular complexity index is 438. The van der Waals surface area contributed by atoms with Gasteiger partial charge in [0.1, 0.15) is 0 Å². The summed E-state index contributed by atoms with van der Waals surface area (Å²) < 4.78 is 23.8. The van der Waals surface area contributed by atoms with Crippen molar-refractivity contribution < 1.29 is 8.42 Å². The molecule has 1 aromatic carbocycles. The Labute approximate surface area is 96.2 Å². The summed E-state index contributed by atoms with van der Waals surface area (Å²) in [7, 11) is -3.21. The second-order valence-electron chi connectivity index (χ2n) is 3.61. The Kier molecular flexibility index (Phi) is 4.17. The minimum Gasteiger partial charge on any atom is -0.224 e. The average molecular weight is 247 g/mol. The van der Waals surface area contributed by atoms with Crippen LogP contribution in [0.5, 0.6) is 0 Å². The highest BCUT2D eigenvalue weighted by atomic mass is 35.5. The van der Waals surface area contributed by atoms with E-state index in [4.69, 9.17) is 11.6 Å². The van der Waals surface area contributed by atoms with Gasteiger partial charge in [0.15, 0.2) is 9.84 Å². The quantitative estimate of drug-likeness (QED) is 0.818. The van der Waals surface area contributed by atoms with Gasteiger partial charge in [-0.1, -0.05) is 31.0 Å². The van der Waals surface area contributed by atoms with Gasteiger partial charge in [-0.3, -0.25) is 0 Å². The molecule has 0 fully saturated rings. The summed E-state index contributed by atoms with van der Waals surface area (Å²) >= 11 is 5.88. The van der Waals surface area contributed by atoms with Crippen LogP contribution in [0, 0.1) is 6.92 Å². The first-order valence-electron chi connectivity index (χ1n) is 4.96. The minimum absolute atomic E-state index is 0.173. The van der Waals surface area contributed by atoms with E-state index in [0.717, 1.165) is 12.0 Å². The molecule has 0 N–H and O–H groups in total. The van der Waals surface area contributed by atoms with Crippen molar-refractivity contribution in [2.45, 2.75) is 31.6 Å². The van der Waals surface area contributed by atoms with Crippen LogP contribution < -0.4 is 0 Å². The number of aryl methyl sites for hydroxylation is 1. The van der Waals surface area contributed by atoms with Crippen molar-refractivity contribution in [2.24, 2.45) is 0 Å². The number of hydrogen-bond donors (Lipinski definition) is 0. The van der Waals surface area contributed by atoms with E-state index in [9.17, 15) is 8.42 Å². The molecular weight excluding hydrogens is 232 g/mol. The fourth-order valence-electron chi connectivity index (χ4n) is 1.29. The SMILES string of the molecule is CCCCS(=O)(=O)c1cc(C)ccc1Cl. The first-order chi connectivity index (χ1) is 6.97. The lowest BCUT2D eigenvalue weighted by molar-refractivity contribution is 0.592. The third-order valence-corrected chi connectivity index (χ3v) is 4.46. The molecule has 0 unspecified atom stereocenters. The maximum absolute atomic E-state index is 11.9. The number of sulfone groups is 1. The lowest BCUT2D eigenvalue weighted by Crippen LogP contribution is -2.07. The summed E-state index contributed by atoms with van der Waals surface area (Å²) in [5.41, 5.74) is 0.912. The van der Waals surface area contributed by atoms with Crippen molar-refractivity contribution in [3.63, 3.8) is 0 Å². The molecule has 84 valence electrons. The number of rotatable bonds is 4. The summed E-state index contributed by atoms with van der Waals surface area (Å²) in [6, 6.07) is 5.07. The maximum Gasteiger partial charge on any atom is 0.179 e. The molecular formula is C11H15ClO2S. The van der Waals surface area contributed by atoms with Crippen LogP contribution in [0.15, 0.2) is 23.1 Å². The first kappa shape index (κ1) is 12.5. The average Bonchev–Trinajstić information content (AvgIpc) is 2.18. The Morgan fingerprint density at radius 2 is 2.00 bits per heavy atom. The number of halogens is 1. The van der Waals surface area contributed by atoms with Gasteiger partial charge < -0.3 is 0 Å². The van der Waals surface area contributed by atoms with Crippen LogP contribution in [-0.4, -0.2) is 14.2 Å². The fraction of sp³-hybridized carbons (Fsp3) is 0.455. The predicted octanol–water partition coefficient (Wildman–Crippen LogP) is 3.22. The Morgan fingerprint density at radius 3 is 2.60 bits per heavy atom. The van der Waals surface area contributed by atoms with Crippen molar-refractivity contribution in [1.29, 1.82) is 0 Å². The van der Waals surface area contributed by atoms with E-state index in [1.807, 2.05) is 13.8 Å². The van der Waals surface area contributed by atoms with Gasteiger partial charge in [0, 0.05) is 0 Å². The summed E-state index contributed by atoms with van der Waals surface area (Å²) in [4.78, 5) is 0.262. The summed E-state index contributed by atoms with van der Waals surface area (Å²) in [6.07, 6.45) is 1.54. The van der Waals surface area contributed by atoms with Gasteiger partial charge in [-0.25, -0.2) is 8.42 Å². The van der Waals surface area contributed by atoms with Crippen LogP contribution in [0.1, 0.15) is 25.3 Å². The monoisotopic (exact) mass is 246 g/mol. The summed E-state index contributed by atoms with van der Waals surface area (Å²) in [5.74, 6) is 0.173. The molecule has 0 spiro atoms. The standard InChI is InChI=1S/C11H15ClO2S/c1-3-4-7-15(13,14)11-8-9(2)5-6-10(11)12/h5-6,8H,3-4,7H2,1-2H3. The highest BCUT2D eigenvalue weighted by Gasteiger charge is 2.17. The van der Waals surface area contributed by atoms with Crippen LogP contribution in [-0.2, 0) is 9.84 Å². The zero-order valence-corrected chi connectivity index (χ0v) is 10.5. The van der Waals surface area contributed by atoms with Crippen molar-refractivity contribution in [3.8, 4) is 0 Å². The van der Waals surface area contributed by atoms with Gasteiger partial charge in [0.2, 0.25) is 0 Å². The van der Waals surface area contributed by atoms with Crippen LogP contribution >= 0.6 is 11.6 Å². The molecule has 2 nitrogen and oxygen atoms in total. The topological polar surface area (TPSA) is 34.1 Å². The smallest absolute Gasteiger partial charge is 0.179 e. The highest BCUT2D eigenvalue weighted by Crippen LogP contribution is 2.24. The molecule has 0 saturated heterocycles. The lowest BCUT2D eigenvalue weighted by Gasteiger charge is -2.06. The normalized spacial score (nSPS) is 11.7. The van der Waals surface area contributed by atoms with E-state index in [1.54, 1.807) is 18.2 Å². The largest absolute Gasteiger partial charge is 0.224 e.